The maximum atomic E-state index is 13.8. The summed E-state index contributed by atoms with van der Waals surface area (Å²) in [4.78, 5) is 33.4. The summed E-state index contributed by atoms with van der Waals surface area (Å²) in [5.74, 6) is 0.108. The molecule has 2 bridgehead atoms. The molecule has 8 nitrogen and oxygen atoms in total. The molecular formula is C31H47N5O3. The Bertz CT molecular complexity index is 1170. The summed E-state index contributed by atoms with van der Waals surface area (Å²) in [6.07, 6.45) is 14.1. The highest BCUT2D eigenvalue weighted by Gasteiger charge is 2.44. The predicted molar refractivity (Wildman–Crippen MR) is 156 cm³/mol. The molecule has 0 spiro atoms. The van der Waals surface area contributed by atoms with E-state index in [0.29, 0.717) is 31.0 Å². The van der Waals surface area contributed by atoms with Gasteiger partial charge >= 0.3 is 5.97 Å². The van der Waals surface area contributed by atoms with E-state index in [1.54, 1.807) is 0 Å². The van der Waals surface area contributed by atoms with Gasteiger partial charge in [0, 0.05) is 37.3 Å². The van der Waals surface area contributed by atoms with Crippen molar-refractivity contribution in [2.45, 2.75) is 121 Å². The maximum Gasteiger partial charge on any atom is 0.320 e. The lowest BCUT2D eigenvalue weighted by molar-refractivity contribution is -0.153. The van der Waals surface area contributed by atoms with Crippen molar-refractivity contribution in [2.24, 2.45) is 0 Å². The molecule has 3 aliphatic rings. The molecule has 1 saturated carbocycles. The highest BCUT2D eigenvalue weighted by atomic mass is 16.6. The normalized spacial score (nSPS) is 24.8. The van der Waals surface area contributed by atoms with E-state index in [0.717, 1.165) is 29.9 Å². The first-order valence-electron chi connectivity index (χ1n) is 15.3. The molecule has 0 radical (unpaired) electrons. The molecule has 1 aliphatic carbocycles. The van der Waals surface area contributed by atoms with E-state index in [1.807, 2.05) is 49.6 Å². The van der Waals surface area contributed by atoms with Crippen molar-refractivity contribution in [3.05, 3.63) is 34.6 Å². The van der Waals surface area contributed by atoms with Crippen molar-refractivity contribution in [1.82, 2.24) is 19.8 Å². The molecule has 0 amide bonds. The van der Waals surface area contributed by atoms with Crippen LogP contribution in [0.4, 0.5) is 5.82 Å². The molecule has 2 N–H and O–H groups in total. The fourth-order valence-electron chi connectivity index (χ4n) is 7.19. The van der Waals surface area contributed by atoms with Crippen molar-refractivity contribution in [2.75, 3.05) is 25.0 Å². The number of nitrogens with one attached hydrogen (secondary N) is 2. The second kappa shape index (κ2) is 12.4. The number of carbonyl (C=O) groups excluding carboxylic acids is 1. The lowest BCUT2D eigenvalue weighted by atomic mass is 9.89. The van der Waals surface area contributed by atoms with Crippen molar-refractivity contribution < 1.29 is 9.53 Å². The fraction of sp³-hybridized carbons (Fsp3) is 0.710. The first-order valence-corrected chi connectivity index (χ1v) is 15.3. The van der Waals surface area contributed by atoms with E-state index in [2.05, 4.69) is 15.5 Å². The topological polar surface area (TPSA) is 88.5 Å². The number of hydrogen-bond acceptors (Lipinski definition) is 7. The average molecular weight is 538 g/mol. The van der Waals surface area contributed by atoms with Gasteiger partial charge in [-0.1, -0.05) is 44.2 Å². The summed E-state index contributed by atoms with van der Waals surface area (Å²) in [6.45, 7) is 6.73. The van der Waals surface area contributed by atoms with E-state index < -0.39 is 5.60 Å². The van der Waals surface area contributed by atoms with Crippen LogP contribution in [0.2, 0.25) is 0 Å². The molecule has 2 saturated heterocycles. The number of esters is 1. The Balaban J connectivity index is 1.28. The largest absolute Gasteiger partial charge is 0.459 e. The minimum Gasteiger partial charge on any atom is -0.459 e. The zero-order valence-corrected chi connectivity index (χ0v) is 24.1. The molecule has 2 aliphatic heterocycles. The number of piperidine rings is 1. The van der Waals surface area contributed by atoms with Crippen molar-refractivity contribution >= 4 is 22.8 Å². The quantitative estimate of drug-likeness (QED) is 0.361. The van der Waals surface area contributed by atoms with Crippen LogP contribution >= 0.6 is 0 Å². The number of hydrogen-bond donors (Lipinski definition) is 2. The third-order valence-corrected chi connectivity index (χ3v) is 8.70. The number of para-hydroxylation sites is 2. The standard InChI is InChI=1S/C31H47N5O3/c1-31(2,3)39-28(37)21-32-17-18-33-29-30(38)36(27-14-10-9-13-26(27)34-29)25-19-23-15-16-24(20-25)35(23)22-11-7-5-4-6-8-12-22/h9-10,13-14,22-25,32H,4-8,11-12,15-21H2,1-3H3,(H,33,34)/t23-,24+,25?. The van der Waals surface area contributed by atoms with Crippen LogP contribution in [0.1, 0.15) is 97.4 Å². The number of rotatable bonds is 8. The summed E-state index contributed by atoms with van der Waals surface area (Å²) >= 11 is 0. The molecule has 39 heavy (non-hydrogen) atoms. The molecule has 1 aromatic heterocycles. The van der Waals surface area contributed by atoms with Crippen molar-refractivity contribution in [3.8, 4) is 0 Å². The Kier molecular flexibility index (Phi) is 8.92. The summed E-state index contributed by atoms with van der Waals surface area (Å²) in [6, 6.07) is 10.1. The van der Waals surface area contributed by atoms with Crippen molar-refractivity contribution in [3.63, 3.8) is 0 Å². The summed E-state index contributed by atoms with van der Waals surface area (Å²) < 4.78 is 7.38. The van der Waals surface area contributed by atoms with Crippen LogP contribution in [0, 0.1) is 0 Å². The number of aromatic nitrogens is 2. The van der Waals surface area contributed by atoms with Crippen LogP contribution in [-0.4, -0.2) is 63.8 Å². The highest BCUT2D eigenvalue weighted by Crippen LogP contribution is 2.44. The molecule has 1 aromatic carbocycles. The van der Waals surface area contributed by atoms with Gasteiger partial charge in [-0.15, -0.1) is 0 Å². The SMILES string of the molecule is CC(C)(C)OC(=O)CNCCNc1nc2ccccc2n(C2C[C@H]3CC[C@@H](C2)N3C2CCCCCCC2)c1=O. The number of ether oxygens (including phenoxy) is 1. The molecule has 1 unspecified atom stereocenters. The van der Waals surface area contributed by atoms with Gasteiger partial charge in [0.15, 0.2) is 5.82 Å². The van der Waals surface area contributed by atoms with Gasteiger partial charge in [0.2, 0.25) is 0 Å². The van der Waals surface area contributed by atoms with Crippen LogP contribution in [0.25, 0.3) is 11.0 Å². The summed E-state index contributed by atoms with van der Waals surface area (Å²) in [5, 5.41) is 6.35. The van der Waals surface area contributed by atoms with Gasteiger partial charge in [-0.2, -0.15) is 0 Å². The smallest absolute Gasteiger partial charge is 0.320 e. The van der Waals surface area contributed by atoms with Gasteiger partial charge in [-0.25, -0.2) is 4.98 Å². The van der Waals surface area contributed by atoms with Crippen LogP contribution in [0.3, 0.4) is 0 Å². The zero-order chi connectivity index (χ0) is 27.4. The van der Waals surface area contributed by atoms with Crippen LogP contribution < -0.4 is 16.2 Å². The number of benzene rings is 1. The fourth-order valence-corrected chi connectivity index (χ4v) is 7.19. The van der Waals surface area contributed by atoms with Gasteiger partial charge in [-0.3, -0.25) is 14.5 Å². The van der Waals surface area contributed by atoms with Gasteiger partial charge in [0.25, 0.3) is 5.56 Å². The first kappa shape index (κ1) is 28.1. The Hall–Kier alpha value is -2.45. The van der Waals surface area contributed by atoms with E-state index in [4.69, 9.17) is 9.72 Å². The summed E-state index contributed by atoms with van der Waals surface area (Å²) in [5.41, 5.74) is 1.24. The molecule has 214 valence electrons. The van der Waals surface area contributed by atoms with Gasteiger partial charge in [-0.05, 0) is 71.4 Å². The number of nitrogens with zero attached hydrogens (tertiary/aromatic N) is 3. The zero-order valence-electron chi connectivity index (χ0n) is 24.1. The summed E-state index contributed by atoms with van der Waals surface area (Å²) in [7, 11) is 0. The highest BCUT2D eigenvalue weighted by molar-refractivity contribution is 5.76. The molecule has 2 aromatic rings. The lowest BCUT2D eigenvalue weighted by Crippen LogP contribution is -2.50. The minimum atomic E-state index is -0.498. The minimum absolute atomic E-state index is 0.0374. The molecular weight excluding hydrogens is 490 g/mol. The average Bonchev–Trinajstić information content (AvgIpc) is 3.11. The maximum absolute atomic E-state index is 13.8. The van der Waals surface area contributed by atoms with Crippen LogP contribution in [-0.2, 0) is 9.53 Å². The van der Waals surface area contributed by atoms with Crippen LogP contribution in [0.5, 0.6) is 0 Å². The second-order valence-electron chi connectivity index (χ2n) is 12.8. The Morgan fingerprint density at radius 2 is 1.59 bits per heavy atom. The Labute approximate surface area is 232 Å². The number of fused-ring (bicyclic) bond motifs is 3. The number of carbonyl (C=O) groups is 1. The molecule has 8 heteroatoms. The lowest BCUT2D eigenvalue weighted by Gasteiger charge is -2.45. The third kappa shape index (κ3) is 6.83. The van der Waals surface area contributed by atoms with Gasteiger partial charge in [0.05, 0.1) is 17.6 Å². The van der Waals surface area contributed by atoms with Crippen molar-refractivity contribution in [1.29, 1.82) is 0 Å². The Morgan fingerprint density at radius 1 is 0.923 bits per heavy atom. The van der Waals surface area contributed by atoms with Gasteiger partial charge < -0.3 is 19.9 Å². The monoisotopic (exact) mass is 537 g/mol. The van der Waals surface area contributed by atoms with E-state index in [-0.39, 0.29) is 24.1 Å². The molecule has 3 heterocycles. The molecule has 3 atom stereocenters. The first-order chi connectivity index (χ1) is 18.8. The molecule has 3 fully saturated rings. The van der Waals surface area contributed by atoms with Crippen LogP contribution in [0.15, 0.2) is 29.1 Å². The van der Waals surface area contributed by atoms with E-state index in [1.165, 1.54) is 57.8 Å². The second-order valence-corrected chi connectivity index (χ2v) is 12.8. The van der Waals surface area contributed by atoms with E-state index >= 15 is 0 Å². The van der Waals surface area contributed by atoms with E-state index in [9.17, 15) is 9.59 Å². The Morgan fingerprint density at radius 3 is 2.28 bits per heavy atom. The molecule has 5 rings (SSSR count). The predicted octanol–water partition coefficient (Wildman–Crippen LogP) is 5.02. The third-order valence-electron chi connectivity index (χ3n) is 8.70. The number of anilines is 1. The van der Waals surface area contributed by atoms with Gasteiger partial charge in [0.1, 0.15) is 5.60 Å².